The van der Waals surface area contributed by atoms with Crippen LogP contribution in [0.3, 0.4) is 0 Å². The zero-order valence-electron chi connectivity index (χ0n) is 10.7. The van der Waals surface area contributed by atoms with Crippen molar-refractivity contribution in [2.24, 2.45) is 0 Å². The zero-order chi connectivity index (χ0) is 14.8. The van der Waals surface area contributed by atoms with Gasteiger partial charge < -0.3 is 4.42 Å². The second-order valence-electron chi connectivity index (χ2n) is 4.29. The van der Waals surface area contributed by atoms with Gasteiger partial charge in [-0.3, -0.25) is 0 Å². The summed E-state index contributed by atoms with van der Waals surface area (Å²) >= 11 is 5.95. The number of nitrogens with zero attached hydrogens (tertiary/aromatic N) is 2. The Morgan fingerprint density at radius 3 is 2.76 bits per heavy atom. The smallest absolute Gasteiger partial charge is 0.238 e. The van der Waals surface area contributed by atoms with E-state index in [1.807, 2.05) is 12.1 Å². The average molecular weight is 299 g/mol. The summed E-state index contributed by atoms with van der Waals surface area (Å²) in [5.41, 5.74) is 1.44. The van der Waals surface area contributed by atoms with E-state index < -0.39 is 5.82 Å². The third kappa shape index (κ3) is 2.51. The Labute approximate surface area is 124 Å². The molecule has 0 amide bonds. The molecule has 2 aromatic carbocycles. The maximum atomic E-state index is 13.8. The topological polar surface area (TPSA) is 49.8 Å². The van der Waals surface area contributed by atoms with E-state index in [1.165, 1.54) is 18.2 Å². The Morgan fingerprint density at radius 2 is 2.05 bits per heavy atom. The number of rotatable bonds is 2. The minimum absolute atomic E-state index is 0.109. The number of fused-ring (bicyclic) bond motifs is 1. The van der Waals surface area contributed by atoms with Gasteiger partial charge in [0.2, 0.25) is 5.89 Å². The van der Waals surface area contributed by atoms with Crippen molar-refractivity contribution >= 4 is 34.3 Å². The molecule has 1 aromatic heterocycles. The molecule has 0 aliphatic heterocycles. The van der Waals surface area contributed by atoms with Crippen LogP contribution >= 0.6 is 11.6 Å². The molecule has 0 radical (unpaired) electrons. The van der Waals surface area contributed by atoms with Crippen LogP contribution in [0.4, 0.5) is 4.39 Å². The van der Waals surface area contributed by atoms with E-state index in [9.17, 15) is 9.65 Å². The molecule has 0 unspecified atom stereocenters. The van der Waals surface area contributed by atoms with Crippen molar-refractivity contribution in [1.29, 1.82) is 5.26 Å². The van der Waals surface area contributed by atoms with E-state index in [-0.39, 0.29) is 22.0 Å². The summed E-state index contributed by atoms with van der Waals surface area (Å²) < 4.78 is 19.3. The summed E-state index contributed by atoms with van der Waals surface area (Å²) in [4.78, 5) is 4.22. The van der Waals surface area contributed by atoms with Gasteiger partial charge in [0.1, 0.15) is 23.0 Å². The van der Waals surface area contributed by atoms with E-state index in [4.69, 9.17) is 16.0 Å². The highest BCUT2D eigenvalue weighted by molar-refractivity contribution is 6.32. The summed E-state index contributed by atoms with van der Waals surface area (Å²) in [5.74, 6) is -0.371. The van der Waals surface area contributed by atoms with E-state index in [0.29, 0.717) is 11.1 Å². The first-order chi connectivity index (χ1) is 10.2. The first kappa shape index (κ1) is 13.3. The molecule has 0 atom stereocenters. The second-order valence-corrected chi connectivity index (χ2v) is 4.70. The SMILES string of the molecule is N#C/C(=C\c1c(F)cccc1Cl)c1nc2ccccc2o1. The van der Waals surface area contributed by atoms with Crippen molar-refractivity contribution in [2.75, 3.05) is 0 Å². The van der Waals surface area contributed by atoms with E-state index in [2.05, 4.69) is 4.98 Å². The standard InChI is InChI=1S/C16H8ClFN2O/c17-12-4-3-5-13(18)11(12)8-10(9-19)16-20-14-6-1-2-7-15(14)21-16/h1-8H/b10-8+. The van der Waals surface area contributed by atoms with Gasteiger partial charge in [-0.2, -0.15) is 5.26 Å². The van der Waals surface area contributed by atoms with Gasteiger partial charge in [0.05, 0.1) is 5.02 Å². The lowest BCUT2D eigenvalue weighted by atomic mass is 10.1. The molecule has 0 fully saturated rings. The van der Waals surface area contributed by atoms with Gasteiger partial charge in [0.25, 0.3) is 0 Å². The number of allylic oxidation sites excluding steroid dienone is 1. The summed E-state index contributed by atoms with van der Waals surface area (Å²) in [6, 6.07) is 13.4. The molecule has 0 N–H and O–H groups in total. The van der Waals surface area contributed by atoms with Crippen LogP contribution in [0.25, 0.3) is 22.7 Å². The lowest BCUT2D eigenvalue weighted by Gasteiger charge is -2.00. The molecule has 3 aromatic rings. The number of aromatic nitrogens is 1. The van der Waals surface area contributed by atoms with Gasteiger partial charge in [-0.25, -0.2) is 9.37 Å². The molecule has 21 heavy (non-hydrogen) atoms. The van der Waals surface area contributed by atoms with Gasteiger partial charge in [-0.15, -0.1) is 0 Å². The lowest BCUT2D eigenvalue weighted by molar-refractivity contribution is 0.586. The number of para-hydroxylation sites is 2. The Morgan fingerprint density at radius 1 is 1.24 bits per heavy atom. The van der Waals surface area contributed by atoms with Crippen LogP contribution in [0.2, 0.25) is 5.02 Å². The van der Waals surface area contributed by atoms with Crippen LogP contribution in [-0.4, -0.2) is 4.98 Å². The van der Waals surface area contributed by atoms with Crippen LogP contribution in [0, 0.1) is 17.1 Å². The van der Waals surface area contributed by atoms with Gasteiger partial charge in [-0.1, -0.05) is 29.8 Å². The number of hydrogen-bond acceptors (Lipinski definition) is 3. The molecule has 0 bridgehead atoms. The number of halogens is 2. The average Bonchev–Trinajstić information content (AvgIpc) is 2.90. The minimum atomic E-state index is -0.508. The van der Waals surface area contributed by atoms with Crippen molar-refractivity contribution in [3.63, 3.8) is 0 Å². The molecule has 0 saturated carbocycles. The minimum Gasteiger partial charge on any atom is -0.435 e. The maximum absolute atomic E-state index is 13.8. The Balaban J connectivity index is 2.14. The lowest BCUT2D eigenvalue weighted by Crippen LogP contribution is -1.86. The van der Waals surface area contributed by atoms with Crippen LogP contribution in [0.5, 0.6) is 0 Å². The maximum Gasteiger partial charge on any atom is 0.238 e. The van der Waals surface area contributed by atoms with Gasteiger partial charge >= 0.3 is 0 Å². The van der Waals surface area contributed by atoms with Crippen LogP contribution in [-0.2, 0) is 0 Å². The van der Waals surface area contributed by atoms with Gasteiger partial charge in [-0.05, 0) is 30.3 Å². The summed E-state index contributed by atoms with van der Waals surface area (Å²) in [5, 5.41) is 9.49. The molecule has 5 heteroatoms. The van der Waals surface area contributed by atoms with Crippen LogP contribution < -0.4 is 0 Å². The summed E-state index contributed by atoms with van der Waals surface area (Å²) in [7, 11) is 0. The highest BCUT2D eigenvalue weighted by Gasteiger charge is 2.13. The highest BCUT2D eigenvalue weighted by atomic mass is 35.5. The van der Waals surface area contributed by atoms with Gasteiger partial charge in [0.15, 0.2) is 5.58 Å². The van der Waals surface area contributed by atoms with Crippen molar-refractivity contribution in [3.8, 4) is 6.07 Å². The Hall–Kier alpha value is -2.64. The summed E-state index contributed by atoms with van der Waals surface area (Å²) in [6.07, 6.45) is 1.34. The normalized spacial score (nSPS) is 11.6. The number of hydrogen-bond donors (Lipinski definition) is 0. The fraction of sp³-hybridized carbons (Fsp3) is 0. The molecule has 1 heterocycles. The molecular formula is C16H8ClFN2O. The van der Waals surface area contributed by atoms with Crippen molar-refractivity contribution in [3.05, 3.63) is 64.8 Å². The number of benzene rings is 2. The van der Waals surface area contributed by atoms with E-state index >= 15 is 0 Å². The zero-order valence-corrected chi connectivity index (χ0v) is 11.4. The molecule has 0 aliphatic carbocycles. The Kier molecular flexibility index (Phi) is 3.43. The largest absolute Gasteiger partial charge is 0.435 e. The predicted molar refractivity (Wildman–Crippen MR) is 78.9 cm³/mol. The quantitative estimate of drug-likeness (QED) is 0.645. The van der Waals surface area contributed by atoms with Crippen LogP contribution in [0.1, 0.15) is 11.5 Å². The molecular weight excluding hydrogens is 291 g/mol. The molecule has 3 rings (SSSR count). The molecule has 3 nitrogen and oxygen atoms in total. The number of oxazole rings is 1. The third-order valence-electron chi connectivity index (χ3n) is 2.93. The van der Waals surface area contributed by atoms with E-state index in [1.54, 1.807) is 24.3 Å². The molecule has 102 valence electrons. The predicted octanol–water partition coefficient (Wildman–Crippen LogP) is 4.68. The van der Waals surface area contributed by atoms with Gasteiger partial charge in [0, 0.05) is 5.56 Å². The molecule has 0 aliphatic rings. The Bertz CT molecular complexity index is 839. The first-order valence-corrected chi connectivity index (χ1v) is 6.48. The van der Waals surface area contributed by atoms with Crippen molar-refractivity contribution in [2.45, 2.75) is 0 Å². The third-order valence-corrected chi connectivity index (χ3v) is 3.26. The van der Waals surface area contributed by atoms with Crippen molar-refractivity contribution in [1.82, 2.24) is 4.98 Å². The first-order valence-electron chi connectivity index (χ1n) is 6.11. The molecule has 0 spiro atoms. The monoisotopic (exact) mass is 298 g/mol. The van der Waals surface area contributed by atoms with Crippen LogP contribution in [0.15, 0.2) is 46.9 Å². The molecule has 0 saturated heterocycles. The van der Waals surface area contributed by atoms with Crippen molar-refractivity contribution < 1.29 is 8.81 Å². The van der Waals surface area contributed by atoms with E-state index in [0.717, 1.165) is 0 Å². The second kappa shape index (κ2) is 5.39. The number of nitriles is 1. The fourth-order valence-corrected chi connectivity index (χ4v) is 2.14. The highest BCUT2D eigenvalue weighted by Crippen LogP contribution is 2.26. The summed E-state index contributed by atoms with van der Waals surface area (Å²) in [6.45, 7) is 0. The fourth-order valence-electron chi connectivity index (χ4n) is 1.92.